The van der Waals surface area contributed by atoms with Crippen molar-refractivity contribution in [2.24, 2.45) is 5.92 Å². The summed E-state index contributed by atoms with van der Waals surface area (Å²) in [5, 5.41) is 12.2. The summed E-state index contributed by atoms with van der Waals surface area (Å²) in [7, 11) is 1.40. The van der Waals surface area contributed by atoms with Gasteiger partial charge in [0, 0.05) is 0 Å². The summed E-state index contributed by atoms with van der Waals surface area (Å²) in [6.45, 7) is 2.74. The molecule has 0 radical (unpaired) electrons. The third-order valence-corrected chi connectivity index (χ3v) is 2.76. The van der Waals surface area contributed by atoms with Crippen LogP contribution in [-0.4, -0.2) is 36.9 Å². The second-order valence-corrected chi connectivity index (χ2v) is 3.88. The molecule has 2 N–H and O–H groups in total. The molecule has 0 heterocycles. The van der Waals surface area contributed by atoms with Crippen LogP contribution in [0.5, 0.6) is 0 Å². The first-order valence-electron chi connectivity index (χ1n) is 5.16. The molecule has 0 aromatic carbocycles. The van der Waals surface area contributed by atoms with Crippen LogP contribution in [0.15, 0.2) is 0 Å². The Morgan fingerprint density at radius 3 is 2.71 bits per heavy atom. The maximum Gasteiger partial charge on any atom is 0.322 e. The number of hydrogen-bond donors (Lipinski definition) is 2. The molecular weight excluding hydrogens is 182 g/mol. The number of nitrogens with one attached hydrogen (secondary N) is 1. The highest BCUT2D eigenvalue weighted by atomic mass is 16.5. The van der Waals surface area contributed by atoms with Gasteiger partial charge in [0.05, 0.1) is 13.2 Å². The van der Waals surface area contributed by atoms with Crippen molar-refractivity contribution in [3.05, 3.63) is 0 Å². The van der Waals surface area contributed by atoms with Crippen LogP contribution in [0.2, 0.25) is 0 Å². The molecule has 1 saturated carbocycles. The fraction of sp³-hybridized carbons (Fsp3) is 0.900. The Balaban J connectivity index is 2.17. The molecule has 0 bridgehead atoms. The van der Waals surface area contributed by atoms with E-state index in [2.05, 4.69) is 10.1 Å². The zero-order valence-electron chi connectivity index (χ0n) is 8.82. The van der Waals surface area contributed by atoms with Gasteiger partial charge in [-0.3, -0.25) is 4.79 Å². The van der Waals surface area contributed by atoms with E-state index in [1.165, 1.54) is 7.11 Å². The summed E-state index contributed by atoms with van der Waals surface area (Å²) in [5.41, 5.74) is 0. The molecule has 1 aliphatic rings. The first-order chi connectivity index (χ1) is 6.67. The van der Waals surface area contributed by atoms with Crippen molar-refractivity contribution in [3.8, 4) is 0 Å². The summed E-state index contributed by atoms with van der Waals surface area (Å²) in [4.78, 5) is 11.2. The van der Waals surface area contributed by atoms with Crippen molar-refractivity contribution in [2.45, 2.75) is 38.3 Å². The zero-order chi connectivity index (χ0) is 10.6. The van der Waals surface area contributed by atoms with Crippen molar-refractivity contribution in [2.75, 3.05) is 13.7 Å². The van der Waals surface area contributed by atoms with Crippen LogP contribution in [0.25, 0.3) is 0 Å². The molecule has 1 unspecified atom stereocenters. The first kappa shape index (κ1) is 11.5. The van der Waals surface area contributed by atoms with Crippen LogP contribution in [-0.2, 0) is 9.53 Å². The van der Waals surface area contributed by atoms with Gasteiger partial charge in [0.2, 0.25) is 0 Å². The second kappa shape index (κ2) is 5.32. The van der Waals surface area contributed by atoms with Crippen LogP contribution in [0.4, 0.5) is 0 Å². The van der Waals surface area contributed by atoms with Gasteiger partial charge in [0.15, 0.2) is 0 Å². The van der Waals surface area contributed by atoms with Crippen LogP contribution >= 0.6 is 0 Å². The number of carbonyl (C=O) groups is 1. The topological polar surface area (TPSA) is 58.6 Å². The first-order valence-corrected chi connectivity index (χ1v) is 5.16. The molecule has 4 nitrogen and oxygen atoms in total. The van der Waals surface area contributed by atoms with Gasteiger partial charge in [-0.15, -0.1) is 0 Å². The Labute approximate surface area is 84.6 Å². The Hall–Kier alpha value is -0.610. The normalized spacial score (nSPS) is 27.9. The molecule has 1 atom stereocenters. The highest BCUT2D eigenvalue weighted by Gasteiger charge is 2.28. The molecule has 0 aromatic rings. The van der Waals surface area contributed by atoms with E-state index in [9.17, 15) is 4.79 Å². The van der Waals surface area contributed by atoms with Gasteiger partial charge in [0.1, 0.15) is 6.04 Å². The van der Waals surface area contributed by atoms with E-state index < -0.39 is 0 Å². The molecule has 0 aromatic heterocycles. The van der Waals surface area contributed by atoms with E-state index in [0.717, 1.165) is 25.8 Å². The Morgan fingerprint density at radius 1 is 1.64 bits per heavy atom. The predicted octanol–water partition coefficient (Wildman–Crippen LogP) is 0.298. The Bertz CT molecular complexity index is 190. The smallest absolute Gasteiger partial charge is 0.322 e. The lowest BCUT2D eigenvalue weighted by Crippen LogP contribution is -2.43. The fourth-order valence-corrected chi connectivity index (χ4v) is 1.71. The monoisotopic (exact) mass is 201 g/mol. The second-order valence-electron chi connectivity index (χ2n) is 3.88. The number of carbonyl (C=O) groups excluding carboxylic acids is 1. The molecule has 1 rings (SSSR count). The number of ether oxygens (including phenoxy) is 1. The minimum atomic E-state index is -0.202. The van der Waals surface area contributed by atoms with Crippen molar-refractivity contribution in [1.82, 2.24) is 5.32 Å². The maximum absolute atomic E-state index is 11.2. The van der Waals surface area contributed by atoms with Crippen molar-refractivity contribution in [1.29, 1.82) is 0 Å². The van der Waals surface area contributed by atoms with Crippen LogP contribution in [0.1, 0.15) is 26.2 Å². The molecule has 4 heteroatoms. The van der Waals surface area contributed by atoms with Crippen LogP contribution in [0, 0.1) is 5.92 Å². The highest BCUT2D eigenvalue weighted by Crippen LogP contribution is 2.26. The van der Waals surface area contributed by atoms with E-state index in [0.29, 0.717) is 5.92 Å². The lowest BCUT2D eigenvalue weighted by molar-refractivity contribution is -0.143. The van der Waals surface area contributed by atoms with Gasteiger partial charge in [-0.2, -0.15) is 0 Å². The molecule has 0 saturated heterocycles. The van der Waals surface area contributed by atoms with Gasteiger partial charge in [-0.1, -0.05) is 6.92 Å². The average Bonchev–Trinajstić information content (AvgIpc) is 2.15. The largest absolute Gasteiger partial charge is 0.468 e. The number of methoxy groups -OCH3 is 1. The highest BCUT2D eigenvalue weighted by molar-refractivity contribution is 5.75. The summed E-state index contributed by atoms with van der Waals surface area (Å²) in [5.74, 6) is 0.316. The van der Waals surface area contributed by atoms with Gasteiger partial charge in [-0.25, -0.2) is 0 Å². The molecule has 1 aliphatic carbocycles. The van der Waals surface area contributed by atoms with Crippen molar-refractivity contribution >= 4 is 5.97 Å². The SMILES string of the molecule is CCC(NCC1CC(O)C1)C(=O)OC. The number of hydrogen-bond acceptors (Lipinski definition) is 4. The van der Waals surface area contributed by atoms with E-state index in [-0.39, 0.29) is 18.1 Å². The van der Waals surface area contributed by atoms with E-state index >= 15 is 0 Å². The number of esters is 1. The standard InChI is InChI=1S/C10H19NO3/c1-3-9(10(13)14-2)11-6-7-4-8(12)5-7/h7-9,11-12H,3-6H2,1-2H3. The zero-order valence-corrected chi connectivity index (χ0v) is 8.82. The van der Waals surface area contributed by atoms with Gasteiger partial charge in [0.25, 0.3) is 0 Å². The number of aliphatic hydroxyl groups excluding tert-OH is 1. The third-order valence-electron chi connectivity index (χ3n) is 2.76. The van der Waals surface area contributed by atoms with Gasteiger partial charge < -0.3 is 15.2 Å². The Kier molecular flexibility index (Phi) is 4.35. The number of rotatable bonds is 5. The molecule has 14 heavy (non-hydrogen) atoms. The van der Waals surface area contributed by atoms with E-state index in [4.69, 9.17) is 5.11 Å². The summed E-state index contributed by atoms with van der Waals surface area (Å²) in [6.07, 6.45) is 2.32. The number of aliphatic hydroxyl groups is 1. The lowest BCUT2D eigenvalue weighted by atomic mass is 9.82. The van der Waals surface area contributed by atoms with Gasteiger partial charge in [-0.05, 0) is 31.7 Å². The quantitative estimate of drug-likeness (QED) is 0.628. The summed E-state index contributed by atoms with van der Waals surface area (Å²) in [6, 6.07) is -0.197. The molecular formula is C10H19NO3. The minimum Gasteiger partial charge on any atom is -0.468 e. The van der Waals surface area contributed by atoms with Gasteiger partial charge >= 0.3 is 5.97 Å². The molecule has 0 amide bonds. The van der Waals surface area contributed by atoms with Crippen molar-refractivity contribution < 1.29 is 14.6 Å². The molecule has 82 valence electrons. The van der Waals surface area contributed by atoms with E-state index in [1.54, 1.807) is 0 Å². The fourth-order valence-electron chi connectivity index (χ4n) is 1.71. The minimum absolute atomic E-state index is 0.125. The molecule has 0 spiro atoms. The molecule has 1 fully saturated rings. The third kappa shape index (κ3) is 2.96. The van der Waals surface area contributed by atoms with Crippen LogP contribution < -0.4 is 5.32 Å². The average molecular weight is 201 g/mol. The van der Waals surface area contributed by atoms with Crippen LogP contribution in [0.3, 0.4) is 0 Å². The van der Waals surface area contributed by atoms with Crippen molar-refractivity contribution in [3.63, 3.8) is 0 Å². The maximum atomic E-state index is 11.2. The Morgan fingerprint density at radius 2 is 2.29 bits per heavy atom. The predicted molar refractivity (Wildman–Crippen MR) is 52.8 cm³/mol. The molecule has 0 aliphatic heterocycles. The summed E-state index contributed by atoms with van der Waals surface area (Å²) >= 11 is 0. The lowest BCUT2D eigenvalue weighted by Gasteiger charge is -2.32. The summed E-state index contributed by atoms with van der Waals surface area (Å²) < 4.78 is 4.66. The van der Waals surface area contributed by atoms with E-state index in [1.807, 2.05) is 6.92 Å².